The highest BCUT2D eigenvalue weighted by molar-refractivity contribution is 5.97. The van der Waals surface area contributed by atoms with E-state index in [0.29, 0.717) is 18.7 Å². The third kappa shape index (κ3) is 2.45. The Bertz CT molecular complexity index is 776. The Hall–Kier alpha value is -2.70. The highest BCUT2D eigenvalue weighted by atomic mass is 16.2. The van der Waals surface area contributed by atoms with Crippen molar-refractivity contribution in [3.8, 4) is 11.4 Å². The molecule has 1 aliphatic rings. The molecule has 0 radical (unpaired) electrons. The summed E-state index contributed by atoms with van der Waals surface area (Å²) in [7, 11) is 1.62. The maximum absolute atomic E-state index is 12.4. The number of carbonyl (C=O) groups is 2. The molecule has 2 aromatic rings. The van der Waals surface area contributed by atoms with E-state index >= 15 is 0 Å². The smallest absolute Gasteiger partial charge is 0.295 e. The zero-order valence-corrected chi connectivity index (χ0v) is 12.2. The van der Waals surface area contributed by atoms with Crippen LogP contribution in [-0.2, 0) is 16.6 Å². The standard InChI is InChI=1S/C15H16N4O3/c1-18-13(10-6-3-2-4-7-10)17-19(15(18)22)11-8-5-9-12(20)16-14(11)21/h2-4,6-7,11H,5,8-9H2,1H3,(H,16,20,21). The van der Waals surface area contributed by atoms with Crippen LogP contribution < -0.4 is 11.0 Å². The van der Waals surface area contributed by atoms with Gasteiger partial charge in [0.25, 0.3) is 5.91 Å². The number of hydrogen-bond donors (Lipinski definition) is 1. The van der Waals surface area contributed by atoms with Crippen molar-refractivity contribution in [2.45, 2.75) is 25.3 Å². The number of hydrogen-bond acceptors (Lipinski definition) is 4. The third-order valence-electron chi connectivity index (χ3n) is 3.78. The number of aromatic nitrogens is 3. The van der Waals surface area contributed by atoms with Crippen molar-refractivity contribution in [1.82, 2.24) is 19.7 Å². The number of benzene rings is 1. The van der Waals surface area contributed by atoms with Gasteiger partial charge in [-0.15, -0.1) is 5.10 Å². The normalized spacial score (nSPS) is 18.9. The molecule has 0 bridgehead atoms. The van der Waals surface area contributed by atoms with Gasteiger partial charge in [0.05, 0.1) is 0 Å². The molecule has 1 aromatic heterocycles. The number of nitrogens with zero attached hydrogens (tertiary/aromatic N) is 3. The molecule has 22 heavy (non-hydrogen) atoms. The average molecular weight is 300 g/mol. The number of rotatable bonds is 2. The molecule has 1 atom stereocenters. The molecule has 7 nitrogen and oxygen atoms in total. The summed E-state index contributed by atoms with van der Waals surface area (Å²) in [5.41, 5.74) is 0.430. The molecule has 0 spiro atoms. The van der Waals surface area contributed by atoms with Crippen molar-refractivity contribution < 1.29 is 9.59 Å². The van der Waals surface area contributed by atoms with Gasteiger partial charge in [0.1, 0.15) is 6.04 Å². The van der Waals surface area contributed by atoms with Crippen LogP contribution in [0.3, 0.4) is 0 Å². The van der Waals surface area contributed by atoms with Crippen LogP contribution in [0.25, 0.3) is 11.4 Å². The van der Waals surface area contributed by atoms with Crippen LogP contribution >= 0.6 is 0 Å². The molecule has 1 aromatic carbocycles. The average Bonchev–Trinajstić information content (AvgIpc) is 2.69. The summed E-state index contributed by atoms with van der Waals surface area (Å²) in [4.78, 5) is 35.9. The van der Waals surface area contributed by atoms with Gasteiger partial charge in [-0.05, 0) is 12.8 Å². The lowest BCUT2D eigenvalue weighted by atomic mass is 10.1. The van der Waals surface area contributed by atoms with Gasteiger partial charge < -0.3 is 0 Å². The first-order chi connectivity index (χ1) is 10.6. The predicted octanol–water partition coefficient (Wildman–Crippen LogP) is 0.617. The summed E-state index contributed by atoms with van der Waals surface area (Å²) in [6.07, 6.45) is 1.25. The van der Waals surface area contributed by atoms with E-state index in [4.69, 9.17) is 0 Å². The van der Waals surface area contributed by atoms with Crippen molar-refractivity contribution in [2.24, 2.45) is 7.05 Å². The maximum Gasteiger partial charge on any atom is 0.346 e. The van der Waals surface area contributed by atoms with Gasteiger partial charge in [0.2, 0.25) is 5.91 Å². The summed E-state index contributed by atoms with van der Waals surface area (Å²) in [6.45, 7) is 0. The molecule has 1 fully saturated rings. The van der Waals surface area contributed by atoms with E-state index < -0.39 is 11.9 Å². The van der Waals surface area contributed by atoms with Crippen LogP contribution in [0.15, 0.2) is 35.1 Å². The number of imide groups is 1. The van der Waals surface area contributed by atoms with Crippen LogP contribution in [0, 0.1) is 0 Å². The molecule has 1 saturated heterocycles. The van der Waals surface area contributed by atoms with E-state index in [1.165, 1.54) is 9.25 Å². The van der Waals surface area contributed by atoms with Crippen molar-refractivity contribution in [2.75, 3.05) is 0 Å². The Kier molecular flexibility index (Phi) is 3.62. The van der Waals surface area contributed by atoms with E-state index in [-0.39, 0.29) is 18.0 Å². The molecule has 1 N–H and O–H groups in total. The highest BCUT2D eigenvalue weighted by Crippen LogP contribution is 2.19. The fraction of sp³-hybridized carbons (Fsp3) is 0.333. The second-order valence-corrected chi connectivity index (χ2v) is 5.30. The largest absolute Gasteiger partial charge is 0.346 e. The van der Waals surface area contributed by atoms with Crippen molar-refractivity contribution in [1.29, 1.82) is 0 Å². The quantitative estimate of drug-likeness (QED) is 0.824. The molecule has 3 rings (SSSR count). The Morgan fingerprint density at radius 3 is 2.64 bits per heavy atom. The lowest BCUT2D eigenvalue weighted by Gasteiger charge is -2.11. The number of carbonyl (C=O) groups excluding carboxylic acids is 2. The Morgan fingerprint density at radius 1 is 1.18 bits per heavy atom. The van der Waals surface area contributed by atoms with Crippen molar-refractivity contribution >= 4 is 11.8 Å². The van der Waals surface area contributed by atoms with E-state index in [9.17, 15) is 14.4 Å². The summed E-state index contributed by atoms with van der Waals surface area (Å²) in [5.74, 6) is -0.281. The van der Waals surface area contributed by atoms with Gasteiger partial charge in [-0.25, -0.2) is 9.48 Å². The predicted molar refractivity (Wildman–Crippen MR) is 78.9 cm³/mol. The molecule has 114 valence electrons. The molecule has 7 heteroatoms. The summed E-state index contributed by atoms with van der Waals surface area (Å²) in [6, 6.07) is 8.54. The van der Waals surface area contributed by atoms with Gasteiger partial charge in [-0.3, -0.25) is 19.5 Å². The molecule has 2 amide bonds. The molecule has 0 aliphatic carbocycles. The molecule has 2 heterocycles. The third-order valence-corrected chi connectivity index (χ3v) is 3.78. The first-order valence-corrected chi connectivity index (χ1v) is 7.12. The van der Waals surface area contributed by atoms with E-state index in [1.54, 1.807) is 7.05 Å². The second kappa shape index (κ2) is 5.59. The fourth-order valence-corrected chi connectivity index (χ4v) is 2.60. The molecule has 1 unspecified atom stereocenters. The molecule has 0 saturated carbocycles. The van der Waals surface area contributed by atoms with Gasteiger partial charge in [0, 0.05) is 19.0 Å². The minimum Gasteiger partial charge on any atom is -0.295 e. The van der Waals surface area contributed by atoms with Crippen LogP contribution in [0.4, 0.5) is 0 Å². The topological polar surface area (TPSA) is 86.0 Å². The summed E-state index contributed by atoms with van der Waals surface area (Å²) >= 11 is 0. The van der Waals surface area contributed by atoms with Crippen LogP contribution in [0.1, 0.15) is 25.3 Å². The first kappa shape index (κ1) is 14.2. The Balaban J connectivity index is 2.04. The zero-order chi connectivity index (χ0) is 15.7. The SMILES string of the molecule is Cn1c(-c2ccccc2)nn(C2CCCC(=O)NC2=O)c1=O. The minimum absolute atomic E-state index is 0.287. The summed E-state index contributed by atoms with van der Waals surface area (Å²) < 4.78 is 2.59. The monoisotopic (exact) mass is 300 g/mol. The lowest BCUT2D eigenvalue weighted by Crippen LogP contribution is -2.38. The minimum atomic E-state index is -0.748. The van der Waals surface area contributed by atoms with Crippen LogP contribution in [0.2, 0.25) is 0 Å². The van der Waals surface area contributed by atoms with E-state index in [2.05, 4.69) is 10.4 Å². The van der Waals surface area contributed by atoms with Crippen molar-refractivity contribution in [3.05, 3.63) is 40.8 Å². The maximum atomic E-state index is 12.4. The molecular weight excluding hydrogens is 284 g/mol. The van der Waals surface area contributed by atoms with Crippen LogP contribution in [0.5, 0.6) is 0 Å². The first-order valence-electron chi connectivity index (χ1n) is 7.12. The van der Waals surface area contributed by atoms with E-state index in [0.717, 1.165) is 5.56 Å². The molecular formula is C15H16N4O3. The molecule has 1 aliphatic heterocycles. The number of amides is 2. The van der Waals surface area contributed by atoms with E-state index in [1.807, 2.05) is 30.3 Å². The van der Waals surface area contributed by atoms with Gasteiger partial charge in [0.15, 0.2) is 5.82 Å². The Morgan fingerprint density at radius 2 is 1.91 bits per heavy atom. The van der Waals surface area contributed by atoms with Crippen LogP contribution in [-0.4, -0.2) is 26.2 Å². The zero-order valence-electron chi connectivity index (χ0n) is 12.2. The fourth-order valence-electron chi connectivity index (χ4n) is 2.60. The second-order valence-electron chi connectivity index (χ2n) is 5.30. The van der Waals surface area contributed by atoms with Gasteiger partial charge in [-0.2, -0.15) is 0 Å². The van der Waals surface area contributed by atoms with Crippen molar-refractivity contribution in [3.63, 3.8) is 0 Å². The Labute approximate surface area is 126 Å². The van der Waals surface area contributed by atoms with Gasteiger partial charge >= 0.3 is 5.69 Å². The lowest BCUT2D eigenvalue weighted by molar-refractivity contribution is -0.131. The van der Waals surface area contributed by atoms with Gasteiger partial charge in [-0.1, -0.05) is 30.3 Å². The summed E-state index contributed by atoms with van der Waals surface area (Å²) in [5, 5.41) is 6.61. The highest BCUT2D eigenvalue weighted by Gasteiger charge is 2.29. The number of nitrogens with one attached hydrogen (secondary N) is 1.